The fourth-order valence-electron chi connectivity index (χ4n) is 2.02. The van der Waals surface area contributed by atoms with Crippen LogP contribution in [0.1, 0.15) is 25.7 Å². The van der Waals surface area contributed by atoms with Crippen LogP contribution in [-0.4, -0.2) is 59.3 Å². The predicted molar refractivity (Wildman–Crippen MR) is 61.2 cm³/mol. The Morgan fingerprint density at radius 1 is 1.12 bits per heavy atom. The van der Waals surface area contributed by atoms with Gasteiger partial charge in [-0.05, 0) is 12.8 Å². The fraction of sp³-hybridized carbons (Fsp3) is 0.818. The van der Waals surface area contributed by atoms with Gasteiger partial charge in [-0.1, -0.05) is 12.8 Å². The summed E-state index contributed by atoms with van der Waals surface area (Å²) in [4.78, 5) is 24.5. The van der Waals surface area contributed by atoms with Crippen LogP contribution in [0.2, 0.25) is 0 Å². The molecule has 0 aromatic heterocycles. The highest BCUT2D eigenvalue weighted by atomic mass is 16.3. The summed E-state index contributed by atoms with van der Waals surface area (Å²) in [6.07, 6.45) is 3.99. The number of amides is 2. The smallest absolute Gasteiger partial charge is 0.312 e. The Hall–Kier alpha value is -1.14. The second kappa shape index (κ2) is 7.24. The number of carbonyl (C=O) groups excluding carboxylic acids is 2. The molecule has 1 fully saturated rings. The maximum Gasteiger partial charge on any atom is 0.312 e. The molecule has 0 unspecified atom stereocenters. The largest absolute Gasteiger partial charge is 0.395 e. The SMILES string of the molecule is O=C(NC1CCCC1)C(=O)N(CCO)CCO. The molecule has 0 bridgehead atoms. The first-order valence-electron chi connectivity index (χ1n) is 6.00. The summed E-state index contributed by atoms with van der Waals surface area (Å²) < 4.78 is 0. The van der Waals surface area contributed by atoms with Crippen LogP contribution in [0, 0.1) is 0 Å². The molecule has 1 saturated carbocycles. The van der Waals surface area contributed by atoms with Crippen molar-refractivity contribution in [2.75, 3.05) is 26.3 Å². The molecule has 0 aromatic carbocycles. The number of rotatable bonds is 5. The van der Waals surface area contributed by atoms with Crippen LogP contribution in [0.15, 0.2) is 0 Å². The molecule has 1 aliphatic rings. The lowest BCUT2D eigenvalue weighted by Crippen LogP contribution is -2.47. The van der Waals surface area contributed by atoms with Crippen molar-refractivity contribution in [1.29, 1.82) is 0 Å². The Labute approximate surface area is 101 Å². The standard InChI is InChI=1S/C11H20N2O4/c14-7-5-13(6-8-15)11(17)10(16)12-9-3-1-2-4-9/h9,14-15H,1-8H2,(H,12,16). The first-order valence-corrected chi connectivity index (χ1v) is 6.00. The van der Waals surface area contributed by atoms with Crippen LogP contribution < -0.4 is 5.32 Å². The Kier molecular flexibility index (Phi) is 5.93. The summed E-state index contributed by atoms with van der Waals surface area (Å²) in [5.41, 5.74) is 0. The highest BCUT2D eigenvalue weighted by Crippen LogP contribution is 2.17. The molecule has 1 rings (SSSR count). The summed E-state index contributed by atoms with van der Waals surface area (Å²) in [7, 11) is 0. The second-order valence-electron chi connectivity index (χ2n) is 4.19. The Morgan fingerprint density at radius 3 is 2.12 bits per heavy atom. The van der Waals surface area contributed by atoms with Gasteiger partial charge in [0.15, 0.2) is 0 Å². The van der Waals surface area contributed by atoms with Gasteiger partial charge >= 0.3 is 11.8 Å². The summed E-state index contributed by atoms with van der Waals surface area (Å²) in [6.45, 7) is -0.306. The molecule has 0 radical (unpaired) electrons. The van der Waals surface area contributed by atoms with E-state index in [1.807, 2.05) is 0 Å². The molecule has 0 atom stereocenters. The average Bonchev–Trinajstić information content (AvgIpc) is 2.80. The molecule has 0 heterocycles. The molecule has 0 aromatic rings. The number of carbonyl (C=O) groups is 2. The maximum absolute atomic E-state index is 11.7. The van der Waals surface area contributed by atoms with Crippen LogP contribution in [-0.2, 0) is 9.59 Å². The van der Waals surface area contributed by atoms with Crippen LogP contribution >= 0.6 is 0 Å². The van der Waals surface area contributed by atoms with Crippen molar-refractivity contribution in [3.63, 3.8) is 0 Å². The molecule has 2 amide bonds. The highest BCUT2D eigenvalue weighted by Gasteiger charge is 2.24. The fourth-order valence-corrected chi connectivity index (χ4v) is 2.02. The van der Waals surface area contributed by atoms with Gasteiger partial charge in [0.05, 0.1) is 13.2 Å². The highest BCUT2D eigenvalue weighted by molar-refractivity contribution is 6.35. The third-order valence-corrected chi connectivity index (χ3v) is 2.91. The number of hydrogen-bond acceptors (Lipinski definition) is 4. The van der Waals surface area contributed by atoms with Gasteiger partial charge < -0.3 is 20.4 Å². The van der Waals surface area contributed by atoms with E-state index in [4.69, 9.17) is 10.2 Å². The number of aliphatic hydroxyl groups is 2. The molecule has 98 valence electrons. The van der Waals surface area contributed by atoms with Gasteiger partial charge in [0.2, 0.25) is 0 Å². The topological polar surface area (TPSA) is 89.9 Å². The Morgan fingerprint density at radius 2 is 1.65 bits per heavy atom. The summed E-state index contributed by atoms with van der Waals surface area (Å²) in [5.74, 6) is -1.32. The van der Waals surface area contributed by atoms with E-state index in [0.717, 1.165) is 30.6 Å². The molecule has 3 N–H and O–H groups in total. The van der Waals surface area contributed by atoms with Gasteiger partial charge in [-0.3, -0.25) is 9.59 Å². The lowest BCUT2D eigenvalue weighted by atomic mass is 10.2. The van der Waals surface area contributed by atoms with Gasteiger partial charge in [0, 0.05) is 19.1 Å². The van der Waals surface area contributed by atoms with E-state index >= 15 is 0 Å². The van der Waals surface area contributed by atoms with Crippen molar-refractivity contribution in [2.24, 2.45) is 0 Å². The minimum Gasteiger partial charge on any atom is -0.395 e. The van der Waals surface area contributed by atoms with Gasteiger partial charge in [-0.15, -0.1) is 0 Å². The molecule has 0 saturated heterocycles. The number of aliphatic hydroxyl groups excluding tert-OH is 2. The summed E-state index contributed by atoms with van der Waals surface area (Å²) in [6, 6.07) is 0.0940. The number of hydrogen-bond donors (Lipinski definition) is 3. The second-order valence-corrected chi connectivity index (χ2v) is 4.19. The van der Waals surface area contributed by atoms with E-state index in [1.54, 1.807) is 0 Å². The lowest BCUT2D eigenvalue weighted by molar-refractivity contribution is -0.146. The molecular weight excluding hydrogens is 224 g/mol. The van der Waals surface area contributed by atoms with E-state index in [2.05, 4.69) is 5.32 Å². The first-order chi connectivity index (χ1) is 8.19. The molecule has 6 heteroatoms. The van der Waals surface area contributed by atoms with Crippen molar-refractivity contribution in [3.8, 4) is 0 Å². The Balaban J connectivity index is 2.44. The average molecular weight is 244 g/mol. The van der Waals surface area contributed by atoms with Crippen molar-refractivity contribution >= 4 is 11.8 Å². The zero-order valence-corrected chi connectivity index (χ0v) is 9.89. The maximum atomic E-state index is 11.7. The van der Waals surface area contributed by atoms with Crippen LogP contribution in [0.4, 0.5) is 0 Å². The molecule has 0 aliphatic heterocycles. The third kappa shape index (κ3) is 4.32. The molecule has 6 nitrogen and oxygen atoms in total. The third-order valence-electron chi connectivity index (χ3n) is 2.91. The van der Waals surface area contributed by atoms with Crippen molar-refractivity contribution < 1.29 is 19.8 Å². The van der Waals surface area contributed by atoms with E-state index in [9.17, 15) is 9.59 Å². The van der Waals surface area contributed by atoms with Crippen LogP contribution in [0.3, 0.4) is 0 Å². The molecule has 0 spiro atoms. The van der Waals surface area contributed by atoms with Gasteiger partial charge in [-0.2, -0.15) is 0 Å². The quantitative estimate of drug-likeness (QED) is 0.533. The van der Waals surface area contributed by atoms with Gasteiger partial charge in [-0.25, -0.2) is 0 Å². The monoisotopic (exact) mass is 244 g/mol. The number of nitrogens with zero attached hydrogens (tertiary/aromatic N) is 1. The zero-order valence-electron chi connectivity index (χ0n) is 9.89. The zero-order chi connectivity index (χ0) is 12.7. The molecular formula is C11H20N2O4. The minimum absolute atomic E-state index is 0.0669. The first kappa shape index (κ1) is 13.9. The molecule has 1 aliphatic carbocycles. The lowest BCUT2D eigenvalue weighted by Gasteiger charge is -2.21. The summed E-state index contributed by atoms with van der Waals surface area (Å²) in [5, 5.41) is 20.2. The van der Waals surface area contributed by atoms with Crippen molar-refractivity contribution in [3.05, 3.63) is 0 Å². The van der Waals surface area contributed by atoms with Crippen molar-refractivity contribution in [1.82, 2.24) is 10.2 Å². The van der Waals surface area contributed by atoms with Crippen molar-refractivity contribution in [2.45, 2.75) is 31.7 Å². The predicted octanol–water partition coefficient (Wildman–Crippen LogP) is -1.14. The molecule has 17 heavy (non-hydrogen) atoms. The van der Waals surface area contributed by atoms with Crippen LogP contribution in [0.25, 0.3) is 0 Å². The van der Waals surface area contributed by atoms with E-state index < -0.39 is 11.8 Å². The normalized spacial score (nSPS) is 15.9. The van der Waals surface area contributed by atoms with E-state index in [1.165, 1.54) is 0 Å². The Bertz CT molecular complexity index is 258. The minimum atomic E-state index is -0.681. The summed E-state index contributed by atoms with van der Waals surface area (Å²) >= 11 is 0. The van der Waals surface area contributed by atoms with Gasteiger partial charge in [0.25, 0.3) is 0 Å². The van der Waals surface area contributed by atoms with E-state index in [0.29, 0.717) is 0 Å². The van der Waals surface area contributed by atoms with E-state index in [-0.39, 0.29) is 32.3 Å². The van der Waals surface area contributed by atoms with Crippen LogP contribution in [0.5, 0.6) is 0 Å². The van der Waals surface area contributed by atoms with Gasteiger partial charge in [0.1, 0.15) is 0 Å². The number of nitrogens with one attached hydrogen (secondary N) is 1.